The highest BCUT2D eigenvalue weighted by Gasteiger charge is 1.99. The molecule has 0 aliphatic carbocycles. The van der Waals surface area contributed by atoms with Crippen molar-refractivity contribution in [1.82, 2.24) is 4.98 Å². The number of aliphatic hydroxyl groups is 1. The molecule has 1 aromatic heterocycles. The summed E-state index contributed by atoms with van der Waals surface area (Å²) in [5.74, 6) is 0.413. The largest absolute Gasteiger partial charge is 0.491 e. The molecule has 0 saturated heterocycles. The van der Waals surface area contributed by atoms with E-state index in [1.54, 1.807) is 36.5 Å². The minimum atomic E-state index is -0.232. The molecule has 1 amide bonds. The van der Waals surface area contributed by atoms with Gasteiger partial charge in [0.15, 0.2) is 0 Å². The van der Waals surface area contributed by atoms with Crippen LogP contribution in [0.15, 0.2) is 54.7 Å². The summed E-state index contributed by atoms with van der Waals surface area (Å²) in [5, 5.41) is 11.4. The standard InChI is InChI=1S/C16H16N2O3/c19-11-12-21-15-7-4-14(5-8-15)18-16(20)9-6-13-3-1-2-10-17-13/h1-10,19H,11-12H2,(H,18,20)/b9-6+. The maximum Gasteiger partial charge on any atom is 0.248 e. The molecule has 2 aromatic rings. The highest BCUT2D eigenvalue weighted by molar-refractivity contribution is 6.01. The average Bonchev–Trinajstić information content (AvgIpc) is 2.53. The SMILES string of the molecule is O=C(/C=C/c1ccccn1)Nc1ccc(OCCO)cc1. The number of ether oxygens (including phenoxy) is 1. The Morgan fingerprint density at radius 1 is 1.24 bits per heavy atom. The molecule has 0 saturated carbocycles. The molecule has 0 atom stereocenters. The highest BCUT2D eigenvalue weighted by Crippen LogP contribution is 2.15. The Morgan fingerprint density at radius 3 is 2.71 bits per heavy atom. The Labute approximate surface area is 122 Å². The van der Waals surface area contributed by atoms with Crippen molar-refractivity contribution in [2.75, 3.05) is 18.5 Å². The van der Waals surface area contributed by atoms with Crippen LogP contribution >= 0.6 is 0 Å². The Hall–Kier alpha value is -2.66. The van der Waals surface area contributed by atoms with Gasteiger partial charge in [-0.05, 0) is 42.5 Å². The third-order valence-electron chi connectivity index (χ3n) is 2.58. The van der Waals surface area contributed by atoms with Gasteiger partial charge in [-0.2, -0.15) is 0 Å². The number of nitrogens with one attached hydrogen (secondary N) is 1. The van der Waals surface area contributed by atoms with Crippen LogP contribution in [0, 0.1) is 0 Å². The number of carbonyl (C=O) groups excluding carboxylic acids is 1. The molecule has 0 radical (unpaired) electrons. The zero-order valence-corrected chi connectivity index (χ0v) is 11.4. The molecule has 0 bridgehead atoms. The Bertz CT molecular complexity index is 595. The summed E-state index contributed by atoms with van der Waals surface area (Å²) < 4.78 is 5.24. The fraction of sp³-hybridized carbons (Fsp3) is 0.125. The van der Waals surface area contributed by atoms with E-state index < -0.39 is 0 Å². The minimum absolute atomic E-state index is 0.0309. The van der Waals surface area contributed by atoms with Crippen molar-refractivity contribution in [2.45, 2.75) is 0 Å². The summed E-state index contributed by atoms with van der Waals surface area (Å²) >= 11 is 0. The zero-order chi connectivity index (χ0) is 14.9. The first-order valence-corrected chi connectivity index (χ1v) is 6.52. The zero-order valence-electron chi connectivity index (χ0n) is 11.4. The topological polar surface area (TPSA) is 71.5 Å². The molecular weight excluding hydrogens is 268 g/mol. The van der Waals surface area contributed by atoms with Crippen LogP contribution in [0.2, 0.25) is 0 Å². The van der Waals surface area contributed by atoms with Gasteiger partial charge in [0.05, 0.1) is 12.3 Å². The van der Waals surface area contributed by atoms with Crippen molar-refractivity contribution in [3.8, 4) is 5.75 Å². The average molecular weight is 284 g/mol. The number of anilines is 1. The van der Waals surface area contributed by atoms with E-state index >= 15 is 0 Å². The summed E-state index contributed by atoms with van der Waals surface area (Å²) in [6.07, 6.45) is 4.75. The number of pyridine rings is 1. The van der Waals surface area contributed by atoms with Crippen molar-refractivity contribution in [2.24, 2.45) is 0 Å². The van der Waals surface area contributed by atoms with Gasteiger partial charge >= 0.3 is 0 Å². The quantitative estimate of drug-likeness (QED) is 0.797. The van der Waals surface area contributed by atoms with Gasteiger partial charge in [0.25, 0.3) is 0 Å². The van der Waals surface area contributed by atoms with Crippen molar-refractivity contribution in [3.63, 3.8) is 0 Å². The number of rotatable bonds is 6. The molecule has 0 aliphatic heterocycles. The molecule has 2 rings (SSSR count). The van der Waals surface area contributed by atoms with E-state index in [2.05, 4.69) is 10.3 Å². The van der Waals surface area contributed by atoms with Crippen LogP contribution in [0.25, 0.3) is 6.08 Å². The Kier molecular flexibility index (Phi) is 5.49. The summed E-state index contributed by atoms with van der Waals surface area (Å²) in [7, 11) is 0. The third-order valence-corrected chi connectivity index (χ3v) is 2.58. The molecule has 1 aromatic carbocycles. The molecule has 2 N–H and O–H groups in total. The van der Waals surface area contributed by atoms with Gasteiger partial charge in [-0.1, -0.05) is 6.07 Å². The monoisotopic (exact) mass is 284 g/mol. The predicted octanol–water partition coefficient (Wildman–Crippen LogP) is 2.10. The van der Waals surface area contributed by atoms with Crippen LogP contribution in [0.5, 0.6) is 5.75 Å². The van der Waals surface area contributed by atoms with Gasteiger partial charge < -0.3 is 15.2 Å². The summed E-state index contributed by atoms with van der Waals surface area (Å²) in [6.45, 7) is 0.218. The second-order valence-corrected chi connectivity index (χ2v) is 4.17. The molecular formula is C16H16N2O3. The molecule has 0 unspecified atom stereocenters. The minimum Gasteiger partial charge on any atom is -0.491 e. The van der Waals surface area contributed by atoms with Crippen LogP contribution in [-0.2, 0) is 4.79 Å². The second kappa shape index (κ2) is 7.81. The van der Waals surface area contributed by atoms with Gasteiger partial charge in [0.1, 0.15) is 12.4 Å². The van der Waals surface area contributed by atoms with E-state index in [4.69, 9.17) is 9.84 Å². The number of hydrogen-bond acceptors (Lipinski definition) is 4. The lowest BCUT2D eigenvalue weighted by molar-refractivity contribution is -0.111. The number of aliphatic hydroxyl groups excluding tert-OH is 1. The first-order valence-electron chi connectivity index (χ1n) is 6.52. The lowest BCUT2D eigenvalue weighted by Gasteiger charge is -2.06. The van der Waals surface area contributed by atoms with Gasteiger partial charge in [0, 0.05) is 18.0 Å². The van der Waals surface area contributed by atoms with Gasteiger partial charge in [-0.25, -0.2) is 0 Å². The van der Waals surface area contributed by atoms with E-state index in [0.717, 1.165) is 5.69 Å². The van der Waals surface area contributed by atoms with Gasteiger partial charge in [0.2, 0.25) is 5.91 Å². The number of amides is 1. The normalized spacial score (nSPS) is 10.5. The van der Waals surface area contributed by atoms with Crippen LogP contribution in [0.4, 0.5) is 5.69 Å². The van der Waals surface area contributed by atoms with Gasteiger partial charge in [-0.15, -0.1) is 0 Å². The smallest absolute Gasteiger partial charge is 0.248 e. The fourth-order valence-electron chi connectivity index (χ4n) is 1.62. The van der Waals surface area contributed by atoms with Gasteiger partial charge in [-0.3, -0.25) is 9.78 Å². The molecule has 0 aliphatic rings. The van der Waals surface area contributed by atoms with E-state index in [1.807, 2.05) is 18.2 Å². The Morgan fingerprint density at radius 2 is 2.05 bits per heavy atom. The van der Waals surface area contributed by atoms with Crippen LogP contribution in [0.3, 0.4) is 0 Å². The molecule has 0 spiro atoms. The maximum atomic E-state index is 11.8. The molecule has 0 fully saturated rings. The fourth-order valence-corrected chi connectivity index (χ4v) is 1.62. The van der Waals surface area contributed by atoms with Crippen molar-refractivity contribution >= 4 is 17.7 Å². The predicted molar refractivity (Wildman–Crippen MR) is 80.9 cm³/mol. The summed E-state index contributed by atoms with van der Waals surface area (Å²) in [6, 6.07) is 12.4. The van der Waals surface area contributed by atoms with Crippen molar-refractivity contribution < 1.29 is 14.6 Å². The van der Waals surface area contributed by atoms with Crippen molar-refractivity contribution in [3.05, 3.63) is 60.4 Å². The molecule has 1 heterocycles. The highest BCUT2D eigenvalue weighted by atomic mass is 16.5. The van der Waals surface area contributed by atoms with E-state index in [-0.39, 0.29) is 19.1 Å². The third kappa shape index (κ3) is 5.08. The van der Waals surface area contributed by atoms with E-state index in [9.17, 15) is 4.79 Å². The molecule has 108 valence electrons. The Balaban J connectivity index is 1.89. The van der Waals surface area contributed by atoms with Crippen LogP contribution in [0.1, 0.15) is 5.69 Å². The second-order valence-electron chi connectivity index (χ2n) is 4.17. The number of hydrogen-bond donors (Lipinski definition) is 2. The lowest BCUT2D eigenvalue weighted by atomic mass is 10.3. The lowest BCUT2D eigenvalue weighted by Crippen LogP contribution is -2.07. The molecule has 5 nitrogen and oxygen atoms in total. The van der Waals surface area contributed by atoms with Crippen molar-refractivity contribution in [1.29, 1.82) is 0 Å². The molecule has 5 heteroatoms. The van der Waals surface area contributed by atoms with E-state index in [1.165, 1.54) is 6.08 Å². The van der Waals surface area contributed by atoms with E-state index in [0.29, 0.717) is 11.4 Å². The molecule has 21 heavy (non-hydrogen) atoms. The van der Waals surface area contributed by atoms with Crippen LogP contribution < -0.4 is 10.1 Å². The first-order chi connectivity index (χ1) is 10.3. The summed E-state index contributed by atoms with van der Waals surface area (Å²) in [5.41, 5.74) is 1.39. The first kappa shape index (κ1) is 14.7. The number of nitrogens with zero attached hydrogens (tertiary/aromatic N) is 1. The summed E-state index contributed by atoms with van der Waals surface area (Å²) in [4.78, 5) is 15.8. The number of aromatic nitrogens is 1. The van der Waals surface area contributed by atoms with Crippen LogP contribution in [-0.4, -0.2) is 29.2 Å². The number of benzene rings is 1. The maximum absolute atomic E-state index is 11.8. The number of carbonyl (C=O) groups is 1.